The van der Waals surface area contributed by atoms with Crippen molar-refractivity contribution in [2.24, 2.45) is 0 Å². The van der Waals surface area contributed by atoms with Gasteiger partial charge < -0.3 is 20.3 Å². The molecule has 2 aromatic carbocycles. The number of carbonyl (C=O) groups excluding carboxylic acids is 3. The normalized spacial score (nSPS) is 21.5. The van der Waals surface area contributed by atoms with E-state index in [1.165, 1.54) is 0 Å². The predicted molar refractivity (Wildman–Crippen MR) is 123 cm³/mol. The highest BCUT2D eigenvalue weighted by Crippen LogP contribution is 2.56. The molecule has 2 heterocycles. The van der Waals surface area contributed by atoms with Gasteiger partial charge in [-0.25, -0.2) is 0 Å². The number of rotatable bonds is 6. The molecule has 32 heavy (non-hydrogen) atoms. The van der Waals surface area contributed by atoms with Crippen molar-refractivity contribution in [3.63, 3.8) is 0 Å². The van der Waals surface area contributed by atoms with Gasteiger partial charge in [0, 0.05) is 16.9 Å². The average Bonchev–Trinajstić information content (AvgIpc) is 3.21. The molecule has 2 aromatic rings. The number of hydrogen-bond acceptors (Lipinski definition) is 5. The fraction of sp³-hybridized carbons (Fsp3) is 0.375. The molecule has 1 saturated heterocycles. The van der Waals surface area contributed by atoms with Crippen LogP contribution in [0.1, 0.15) is 47.6 Å². The maximum atomic E-state index is 13.2. The van der Waals surface area contributed by atoms with Gasteiger partial charge in [0.15, 0.2) is 0 Å². The van der Waals surface area contributed by atoms with Crippen LogP contribution < -0.4 is 15.4 Å². The first-order chi connectivity index (χ1) is 15.2. The van der Waals surface area contributed by atoms with Gasteiger partial charge in [-0.05, 0) is 50.1 Å². The van der Waals surface area contributed by atoms with Gasteiger partial charge in [0.1, 0.15) is 23.2 Å². The summed E-state index contributed by atoms with van der Waals surface area (Å²) in [6.07, 6.45) is 0. The van der Waals surface area contributed by atoms with Crippen LogP contribution in [0.2, 0.25) is 0 Å². The highest BCUT2D eigenvalue weighted by atomic mass is 32.2. The molecule has 168 valence electrons. The molecule has 1 unspecified atom stereocenters. The summed E-state index contributed by atoms with van der Waals surface area (Å²) in [5.41, 5.74) is 2.51. The van der Waals surface area contributed by atoms with Gasteiger partial charge >= 0.3 is 0 Å². The summed E-state index contributed by atoms with van der Waals surface area (Å²) in [6, 6.07) is 13.5. The quantitative estimate of drug-likeness (QED) is 0.702. The van der Waals surface area contributed by atoms with Crippen molar-refractivity contribution in [3.8, 4) is 5.75 Å². The highest BCUT2D eigenvalue weighted by molar-refractivity contribution is 8.01. The monoisotopic (exact) mass is 453 g/mol. The Labute approximate surface area is 191 Å². The molecule has 7 nitrogen and oxygen atoms in total. The van der Waals surface area contributed by atoms with Gasteiger partial charge in [-0.3, -0.25) is 14.4 Å². The number of amides is 3. The number of benzene rings is 2. The third kappa shape index (κ3) is 3.95. The lowest BCUT2D eigenvalue weighted by Gasteiger charge is -2.30. The van der Waals surface area contributed by atoms with Crippen molar-refractivity contribution in [1.82, 2.24) is 15.5 Å². The summed E-state index contributed by atoms with van der Waals surface area (Å²) >= 11 is 1.60. The minimum absolute atomic E-state index is 0.138. The molecule has 0 aromatic heterocycles. The van der Waals surface area contributed by atoms with Crippen LogP contribution in [-0.4, -0.2) is 46.6 Å². The minimum atomic E-state index is -0.735. The Bertz CT molecular complexity index is 1050. The van der Waals surface area contributed by atoms with Crippen LogP contribution in [0.4, 0.5) is 0 Å². The molecule has 0 radical (unpaired) electrons. The van der Waals surface area contributed by atoms with Crippen molar-refractivity contribution in [3.05, 3.63) is 65.2 Å². The second kappa shape index (κ2) is 8.50. The maximum absolute atomic E-state index is 13.2. The standard InChI is InChI=1S/C24H27N3O4S/c1-14(20(28)25-13-15-9-11-16(31-4)12-10-15)26-21(29)19-24(2,3)32-23-18-8-6-5-7-17(18)22(30)27(19)23/h5-12,14,19,23H,13H2,1-4H3,(H,25,28)(H,26,29)/t14-,19+,23?/m0/s1. The van der Waals surface area contributed by atoms with Crippen LogP contribution in [0.25, 0.3) is 0 Å². The Morgan fingerprint density at radius 1 is 1.16 bits per heavy atom. The summed E-state index contributed by atoms with van der Waals surface area (Å²) < 4.78 is 4.65. The molecule has 2 aliphatic heterocycles. The molecule has 2 aliphatic rings. The lowest BCUT2D eigenvalue weighted by molar-refractivity contribution is -0.131. The number of methoxy groups -OCH3 is 1. The van der Waals surface area contributed by atoms with Crippen LogP contribution in [0, 0.1) is 0 Å². The molecule has 1 fully saturated rings. The van der Waals surface area contributed by atoms with E-state index >= 15 is 0 Å². The van der Waals surface area contributed by atoms with E-state index in [-0.39, 0.29) is 23.1 Å². The molecular formula is C24H27N3O4S. The smallest absolute Gasteiger partial charge is 0.256 e. The van der Waals surface area contributed by atoms with Crippen molar-refractivity contribution in [2.45, 2.75) is 49.5 Å². The first kappa shape index (κ1) is 22.2. The van der Waals surface area contributed by atoms with Crippen LogP contribution >= 0.6 is 11.8 Å². The zero-order chi connectivity index (χ0) is 23.0. The van der Waals surface area contributed by atoms with Crippen LogP contribution in [0.15, 0.2) is 48.5 Å². The van der Waals surface area contributed by atoms with Gasteiger partial charge in [0.2, 0.25) is 11.8 Å². The Morgan fingerprint density at radius 3 is 2.53 bits per heavy atom. The van der Waals surface area contributed by atoms with Gasteiger partial charge in [-0.15, -0.1) is 11.8 Å². The number of nitrogens with zero attached hydrogens (tertiary/aromatic N) is 1. The number of nitrogens with one attached hydrogen (secondary N) is 2. The number of ether oxygens (including phenoxy) is 1. The second-order valence-electron chi connectivity index (χ2n) is 8.57. The van der Waals surface area contributed by atoms with E-state index in [1.807, 2.05) is 56.3 Å². The molecule has 0 bridgehead atoms. The molecule has 0 aliphatic carbocycles. The zero-order valence-electron chi connectivity index (χ0n) is 18.5. The SMILES string of the molecule is COc1ccc(CNC(=O)[C@H](C)NC(=O)[C@H]2N3C(=O)c4ccccc4C3SC2(C)C)cc1. The zero-order valence-corrected chi connectivity index (χ0v) is 19.4. The fourth-order valence-electron chi connectivity index (χ4n) is 4.25. The number of fused-ring (bicyclic) bond motifs is 3. The second-order valence-corrected chi connectivity index (χ2v) is 10.3. The summed E-state index contributed by atoms with van der Waals surface area (Å²) in [4.78, 5) is 40.5. The van der Waals surface area contributed by atoms with Gasteiger partial charge in [-0.1, -0.05) is 30.3 Å². The lowest BCUT2D eigenvalue weighted by atomic mass is 10.0. The topological polar surface area (TPSA) is 87.7 Å². The number of carbonyl (C=O) groups is 3. The van der Waals surface area contributed by atoms with Gasteiger partial charge in [-0.2, -0.15) is 0 Å². The molecule has 2 N–H and O–H groups in total. The first-order valence-electron chi connectivity index (χ1n) is 10.5. The van der Waals surface area contributed by atoms with Crippen molar-refractivity contribution in [2.75, 3.05) is 7.11 Å². The summed E-state index contributed by atoms with van der Waals surface area (Å²) in [5.74, 6) is -0.00133. The van der Waals surface area contributed by atoms with E-state index in [4.69, 9.17) is 4.74 Å². The number of hydrogen-bond donors (Lipinski definition) is 2. The van der Waals surface area contributed by atoms with Crippen molar-refractivity contribution >= 4 is 29.5 Å². The third-order valence-corrected chi connectivity index (χ3v) is 7.46. The van der Waals surface area contributed by atoms with Crippen LogP contribution in [-0.2, 0) is 16.1 Å². The van der Waals surface area contributed by atoms with E-state index in [0.717, 1.165) is 16.9 Å². The van der Waals surface area contributed by atoms with Crippen molar-refractivity contribution in [1.29, 1.82) is 0 Å². The molecular weight excluding hydrogens is 426 g/mol. The van der Waals surface area contributed by atoms with E-state index < -0.39 is 16.8 Å². The Morgan fingerprint density at radius 2 is 1.84 bits per heavy atom. The highest BCUT2D eigenvalue weighted by Gasteiger charge is 2.57. The van der Waals surface area contributed by atoms with E-state index in [2.05, 4.69) is 10.6 Å². The Kier molecular flexibility index (Phi) is 5.90. The van der Waals surface area contributed by atoms with Gasteiger partial charge in [0.05, 0.1) is 7.11 Å². The molecule has 0 spiro atoms. The van der Waals surface area contributed by atoms with E-state index in [9.17, 15) is 14.4 Å². The Balaban J connectivity index is 1.41. The van der Waals surface area contributed by atoms with Crippen molar-refractivity contribution < 1.29 is 19.1 Å². The number of thioether (sulfide) groups is 1. The maximum Gasteiger partial charge on any atom is 0.256 e. The Hall–Kier alpha value is -3.00. The molecule has 8 heteroatoms. The lowest BCUT2D eigenvalue weighted by Crippen LogP contribution is -2.56. The summed E-state index contributed by atoms with van der Waals surface area (Å²) in [7, 11) is 1.60. The third-order valence-electron chi connectivity index (χ3n) is 5.92. The molecule has 3 atom stereocenters. The minimum Gasteiger partial charge on any atom is -0.497 e. The van der Waals surface area contributed by atoms with Crippen LogP contribution in [0.5, 0.6) is 5.75 Å². The van der Waals surface area contributed by atoms with Gasteiger partial charge in [0.25, 0.3) is 5.91 Å². The first-order valence-corrected chi connectivity index (χ1v) is 11.4. The predicted octanol–water partition coefficient (Wildman–Crippen LogP) is 2.86. The molecule has 4 rings (SSSR count). The molecule has 3 amide bonds. The summed E-state index contributed by atoms with van der Waals surface area (Å²) in [6.45, 7) is 5.92. The van der Waals surface area contributed by atoms with Crippen LogP contribution in [0.3, 0.4) is 0 Å². The summed E-state index contributed by atoms with van der Waals surface area (Å²) in [5, 5.41) is 5.46. The average molecular weight is 454 g/mol. The van der Waals surface area contributed by atoms with E-state index in [1.54, 1.807) is 36.8 Å². The molecule has 0 saturated carbocycles. The fourth-order valence-corrected chi connectivity index (χ4v) is 5.84. The van der Waals surface area contributed by atoms with E-state index in [0.29, 0.717) is 12.1 Å². The largest absolute Gasteiger partial charge is 0.497 e.